The Kier molecular flexibility index (Phi) is 11.9. The summed E-state index contributed by atoms with van der Waals surface area (Å²) >= 11 is 4.51. The molecule has 0 saturated carbocycles. The number of ether oxygens (including phenoxy) is 2. The first-order valence-corrected chi connectivity index (χ1v) is 16.6. The van der Waals surface area contributed by atoms with Crippen LogP contribution >= 0.6 is 27.7 Å². The average Bonchev–Trinajstić information content (AvgIpc) is 3.12. The molecule has 0 heterocycles. The number of anilines is 2. The van der Waals surface area contributed by atoms with Crippen molar-refractivity contribution in [3.8, 4) is 11.5 Å². The van der Waals surface area contributed by atoms with Crippen LogP contribution in [-0.2, 0) is 9.59 Å². The second-order valence-corrected chi connectivity index (χ2v) is 12.6. The third kappa shape index (κ3) is 9.16. The largest absolute Gasteiger partial charge is 0.493 e. The van der Waals surface area contributed by atoms with Crippen molar-refractivity contribution in [3.63, 3.8) is 0 Å². The van der Waals surface area contributed by atoms with Crippen LogP contribution in [0.5, 0.6) is 11.5 Å². The maximum Gasteiger partial charge on any atom is 0.272 e. The summed E-state index contributed by atoms with van der Waals surface area (Å²) in [6, 6.07) is 34.3. The number of hydrogen-bond acceptors (Lipinski definition) is 6. The van der Waals surface area contributed by atoms with Crippen LogP contribution in [0.3, 0.4) is 0 Å². The molecule has 3 N–H and O–H groups in total. The van der Waals surface area contributed by atoms with Gasteiger partial charge in [-0.1, -0.05) is 76.6 Å². The Balaban J connectivity index is 1.37. The summed E-state index contributed by atoms with van der Waals surface area (Å²) in [5.74, 6) is -1.14. The number of carbonyl (C=O) groups is 3. The van der Waals surface area contributed by atoms with Crippen molar-refractivity contribution in [2.45, 2.75) is 10.1 Å². The molecule has 11 heteroatoms. The minimum absolute atomic E-state index is 0.0279. The number of amides is 3. The molecule has 0 bridgehead atoms. The maximum absolute atomic E-state index is 14.5. The van der Waals surface area contributed by atoms with Crippen LogP contribution in [0.25, 0.3) is 6.08 Å². The van der Waals surface area contributed by atoms with E-state index in [-0.39, 0.29) is 11.4 Å². The number of carbonyl (C=O) groups excluding carboxylic acids is 3. The predicted molar refractivity (Wildman–Crippen MR) is 194 cm³/mol. The molecule has 248 valence electrons. The Morgan fingerprint density at radius 1 is 0.796 bits per heavy atom. The summed E-state index contributed by atoms with van der Waals surface area (Å²) in [4.78, 5) is 40.9. The summed E-state index contributed by atoms with van der Waals surface area (Å²) in [5, 5.41) is 7.55. The molecule has 3 amide bonds. The van der Waals surface area contributed by atoms with Gasteiger partial charge in [-0.05, 0) is 72.3 Å². The molecule has 0 aliphatic heterocycles. The van der Waals surface area contributed by atoms with E-state index < -0.39 is 28.8 Å². The van der Waals surface area contributed by atoms with E-state index in [4.69, 9.17) is 9.47 Å². The fraction of sp³-hybridized carbons (Fsp3) is 0.0789. The molecule has 5 aromatic rings. The van der Waals surface area contributed by atoms with Gasteiger partial charge in [0.05, 0.1) is 19.9 Å². The molecule has 1 unspecified atom stereocenters. The zero-order chi connectivity index (χ0) is 34.8. The first kappa shape index (κ1) is 34.9. The van der Waals surface area contributed by atoms with E-state index >= 15 is 0 Å². The topological polar surface area (TPSA) is 106 Å². The van der Waals surface area contributed by atoms with Crippen LogP contribution in [0, 0.1) is 5.82 Å². The van der Waals surface area contributed by atoms with Gasteiger partial charge < -0.3 is 25.4 Å². The third-order valence-corrected chi connectivity index (χ3v) is 8.92. The Morgan fingerprint density at radius 2 is 1.49 bits per heavy atom. The van der Waals surface area contributed by atoms with Gasteiger partial charge in [0.15, 0.2) is 11.5 Å². The fourth-order valence-corrected chi connectivity index (χ4v) is 6.12. The number of methoxy groups -OCH3 is 2. The standard InChI is InChI=1S/C38H31BrFN3O5S/c1-47-33-15-9-14-26(34(33)48-2)22-32(43-36(44)25-12-7-4-8-13-25)37(45)41-28-17-19-29(20-18-28)49-35(24-10-5-3-6-11-24)38(46)42-31-21-16-27(39)23-30(31)40/h3-23,35H,1-2H3,(H,41,45)(H,42,46)(H,43,44)/b32-22-. The predicted octanol–water partition coefficient (Wildman–Crippen LogP) is 8.49. The summed E-state index contributed by atoms with van der Waals surface area (Å²) in [6.07, 6.45) is 1.51. The summed E-state index contributed by atoms with van der Waals surface area (Å²) < 4.78 is 26.0. The van der Waals surface area contributed by atoms with E-state index in [1.54, 1.807) is 78.9 Å². The van der Waals surface area contributed by atoms with Crippen molar-refractivity contribution in [3.05, 3.63) is 154 Å². The lowest BCUT2D eigenvalue weighted by Gasteiger charge is -2.18. The number of benzene rings is 5. The van der Waals surface area contributed by atoms with Crippen molar-refractivity contribution in [1.82, 2.24) is 5.32 Å². The number of para-hydroxylation sites is 1. The first-order chi connectivity index (χ1) is 23.7. The summed E-state index contributed by atoms with van der Waals surface area (Å²) in [7, 11) is 3.00. The second kappa shape index (κ2) is 16.6. The minimum Gasteiger partial charge on any atom is -0.493 e. The highest BCUT2D eigenvalue weighted by Crippen LogP contribution is 2.37. The summed E-state index contributed by atoms with van der Waals surface area (Å²) in [6.45, 7) is 0. The molecule has 49 heavy (non-hydrogen) atoms. The SMILES string of the molecule is COc1cccc(/C=C(\NC(=O)c2ccccc2)C(=O)Nc2ccc(SC(C(=O)Nc3ccc(Br)cc3F)c3ccccc3)cc2)c1OC. The quantitative estimate of drug-likeness (QED) is 0.0876. The Hall–Kier alpha value is -5.39. The van der Waals surface area contributed by atoms with Gasteiger partial charge in [0, 0.05) is 26.2 Å². The van der Waals surface area contributed by atoms with Gasteiger partial charge in [0.25, 0.3) is 11.8 Å². The van der Waals surface area contributed by atoms with Crippen LogP contribution in [0.4, 0.5) is 15.8 Å². The van der Waals surface area contributed by atoms with Crippen LogP contribution in [0.15, 0.2) is 136 Å². The van der Waals surface area contributed by atoms with Gasteiger partial charge >= 0.3 is 0 Å². The number of hydrogen-bond donors (Lipinski definition) is 3. The maximum atomic E-state index is 14.5. The number of rotatable bonds is 12. The zero-order valence-electron chi connectivity index (χ0n) is 26.4. The Morgan fingerprint density at radius 3 is 2.14 bits per heavy atom. The second-order valence-electron chi connectivity index (χ2n) is 10.5. The molecule has 1 atom stereocenters. The molecule has 8 nitrogen and oxygen atoms in total. The van der Waals surface area contributed by atoms with Gasteiger partial charge in [-0.3, -0.25) is 14.4 Å². The molecule has 5 rings (SSSR count). The lowest BCUT2D eigenvalue weighted by molar-refractivity contribution is -0.116. The molecule has 5 aromatic carbocycles. The molecular formula is C38H31BrFN3O5S. The van der Waals surface area contributed by atoms with Gasteiger partial charge in [-0.2, -0.15) is 0 Å². The minimum atomic E-state index is -0.703. The van der Waals surface area contributed by atoms with Crippen molar-refractivity contribution in [2.24, 2.45) is 0 Å². The van der Waals surface area contributed by atoms with Gasteiger partial charge in [-0.25, -0.2) is 4.39 Å². The molecule has 0 aliphatic carbocycles. The highest BCUT2D eigenvalue weighted by molar-refractivity contribution is 9.10. The molecule has 0 saturated heterocycles. The summed E-state index contributed by atoms with van der Waals surface area (Å²) in [5.41, 5.74) is 2.11. The lowest BCUT2D eigenvalue weighted by atomic mass is 10.1. The molecule has 0 spiro atoms. The zero-order valence-corrected chi connectivity index (χ0v) is 28.8. The van der Waals surface area contributed by atoms with E-state index in [1.165, 1.54) is 44.2 Å². The van der Waals surface area contributed by atoms with Crippen LogP contribution < -0.4 is 25.4 Å². The highest BCUT2D eigenvalue weighted by Gasteiger charge is 2.24. The van der Waals surface area contributed by atoms with Gasteiger partial charge in [0.1, 0.15) is 16.8 Å². The Labute approximate surface area is 295 Å². The van der Waals surface area contributed by atoms with Crippen molar-refractivity contribution < 1.29 is 28.2 Å². The first-order valence-electron chi connectivity index (χ1n) is 14.9. The smallest absolute Gasteiger partial charge is 0.272 e. The van der Waals surface area contributed by atoms with Crippen LogP contribution in [-0.4, -0.2) is 31.9 Å². The van der Waals surface area contributed by atoms with Crippen LogP contribution in [0.2, 0.25) is 0 Å². The fourth-order valence-electron chi connectivity index (χ4n) is 4.76. The van der Waals surface area contributed by atoms with Crippen molar-refractivity contribution >= 4 is 62.9 Å². The Bertz CT molecular complexity index is 1980. The molecule has 0 radical (unpaired) electrons. The van der Waals surface area contributed by atoms with E-state index in [9.17, 15) is 18.8 Å². The normalized spacial score (nSPS) is 11.6. The average molecular weight is 741 g/mol. The van der Waals surface area contributed by atoms with E-state index in [0.29, 0.717) is 32.8 Å². The van der Waals surface area contributed by atoms with Crippen molar-refractivity contribution in [1.29, 1.82) is 0 Å². The lowest BCUT2D eigenvalue weighted by Crippen LogP contribution is -2.30. The highest BCUT2D eigenvalue weighted by atomic mass is 79.9. The third-order valence-electron chi connectivity index (χ3n) is 7.16. The number of nitrogens with one attached hydrogen (secondary N) is 3. The monoisotopic (exact) mass is 739 g/mol. The molecule has 0 aliphatic rings. The molecule has 0 aromatic heterocycles. The van der Waals surface area contributed by atoms with E-state index in [1.807, 2.05) is 30.3 Å². The van der Waals surface area contributed by atoms with Gasteiger partial charge in [-0.15, -0.1) is 11.8 Å². The number of thioether (sulfide) groups is 1. The van der Waals surface area contributed by atoms with Crippen molar-refractivity contribution in [2.75, 3.05) is 24.9 Å². The van der Waals surface area contributed by atoms with E-state index in [2.05, 4.69) is 31.9 Å². The number of halogens is 2. The van der Waals surface area contributed by atoms with Gasteiger partial charge in [0.2, 0.25) is 5.91 Å². The van der Waals surface area contributed by atoms with Crippen LogP contribution in [0.1, 0.15) is 26.7 Å². The molecular weight excluding hydrogens is 709 g/mol. The van der Waals surface area contributed by atoms with E-state index in [0.717, 1.165) is 10.5 Å². The molecule has 0 fully saturated rings.